The minimum Gasteiger partial charge on any atom is -0.344 e. The van der Waals surface area contributed by atoms with Gasteiger partial charge in [-0.15, -0.1) is 0 Å². The van der Waals surface area contributed by atoms with E-state index in [1.54, 1.807) is 22.6 Å². The molecule has 0 aromatic heterocycles. The van der Waals surface area contributed by atoms with Crippen molar-refractivity contribution in [1.82, 2.24) is 5.32 Å². The van der Waals surface area contributed by atoms with Crippen molar-refractivity contribution >= 4 is 32.3 Å². The maximum Gasteiger partial charge on any atom is 0.237 e. The van der Waals surface area contributed by atoms with E-state index in [2.05, 4.69) is 5.32 Å². The molecule has 0 radical (unpaired) electrons. The van der Waals surface area contributed by atoms with E-state index in [-0.39, 0.29) is 9.70 Å². The van der Waals surface area contributed by atoms with Crippen LogP contribution in [0.15, 0.2) is 0 Å². The Morgan fingerprint density at radius 3 is 2.13 bits per heavy atom. The van der Waals surface area contributed by atoms with Gasteiger partial charge in [0.05, 0.1) is 12.1 Å². The Kier molecular flexibility index (Phi) is 7.83. The lowest BCUT2D eigenvalue weighted by atomic mass is 10.1. The van der Waals surface area contributed by atoms with Gasteiger partial charge in [0, 0.05) is 22.6 Å². The van der Waals surface area contributed by atoms with Crippen molar-refractivity contribution in [2.45, 2.75) is 24.9 Å². The lowest BCUT2D eigenvalue weighted by Gasteiger charge is -2.17. The van der Waals surface area contributed by atoms with Crippen LogP contribution in [0.5, 0.6) is 0 Å². The number of rotatable bonds is 7. The second-order valence-electron chi connectivity index (χ2n) is 3.13. The predicted molar refractivity (Wildman–Crippen MR) is 66.3 cm³/mol. The van der Waals surface area contributed by atoms with E-state index in [1.165, 1.54) is 0 Å². The van der Waals surface area contributed by atoms with Crippen molar-refractivity contribution < 1.29 is 9.59 Å². The Morgan fingerprint density at radius 1 is 1.20 bits per heavy atom. The van der Waals surface area contributed by atoms with E-state index in [1.807, 2.05) is 0 Å². The molecule has 0 fully saturated rings. The average Bonchev–Trinajstić information content (AvgIpc) is 2.17. The van der Waals surface area contributed by atoms with Gasteiger partial charge < -0.3 is 22.5 Å². The molecule has 7 N–H and O–H groups in total. The third-order valence-electron chi connectivity index (χ3n) is 1.86. The van der Waals surface area contributed by atoms with Gasteiger partial charge in [0.25, 0.3) is 0 Å². The maximum absolute atomic E-state index is 11.4. The fraction of sp³-hybridized carbons (Fsp3) is 0.750. The van der Waals surface area contributed by atoms with Crippen molar-refractivity contribution in [3.05, 3.63) is 0 Å². The van der Waals surface area contributed by atoms with Crippen molar-refractivity contribution in [3.8, 4) is 0 Å². The second kappa shape index (κ2) is 7.97. The first kappa shape index (κ1) is 14.8. The Bertz CT molecular complexity index is 225. The number of hydrogen-bond donors (Lipinski definition) is 4. The number of carbonyl (C=O) groups is 2. The van der Waals surface area contributed by atoms with Crippen LogP contribution in [0.4, 0.5) is 0 Å². The zero-order chi connectivity index (χ0) is 11.8. The van der Waals surface area contributed by atoms with Gasteiger partial charge >= 0.3 is 0 Å². The summed E-state index contributed by atoms with van der Waals surface area (Å²) in [5, 5.41) is 2.55. The van der Waals surface area contributed by atoms with Gasteiger partial charge in [-0.1, -0.05) is 0 Å². The van der Waals surface area contributed by atoms with Crippen LogP contribution in [-0.2, 0) is 9.59 Å². The Labute approximate surface area is 102 Å². The molecular weight excluding hydrogens is 311 g/mol. The summed E-state index contributed by atoms with van der Waals surface area (Å²) in [5.74, 6) is -0.357. The van der Waals surface area contributed by atoms with Gasteiger partial charge in [-0.2, -0.15) is 0 Å². The smallest absolute Gasteiger partial charge is 0.237 e. The molecule has 0 saturated heterocycles. The molecule has 7 heteroatoms. The molecule has 0 spiro atoms. The summed E-state index contributed by atoms with van der Waals surface area (Å²) in [6, 6.07) is -1.21. The van der Waals surface area contributed by atoms with Crippen LogP contribution in [0.1, 0.15) is 12.8 Å². The van der Waals surface area contributed by atoms with Crippen molar-refractivity contribution in [3.63, 3.8) is 0 Å². The molecule has 0 saturated carbocycles. The fourth-order valence-corrected chi connectivity index (χ4v) is 1.47. The van der Waals surface area contributed by atoms with Crippen LogP contribution in [-0.4, -0.2) is 34.9 Å². The van der Waals surface area contributed by atoms with E-state index in [0.29, 0.717) is 25.9 Å². The first-order valence-electron chi connectivity index (χ1n) is 4.68. The molecule has 15 heavy (non-hydrogen) atoms. The van der Waals surface area contributed by atoms with Crippen LogP contribution in [0.3, 0.4) is 0 Å². The lowest BCUT2D eigenvalue weighted by molar-refractivity contribution is -0.125. The molecule has 0 aliphatic heterocycles. The highest BCUT2D eigenvalue weighted by Gasteiger charge is 2.20. The van der Waals surface area contributed by atoms with Crippen LogP contribution in [0, 0.1) is 0 Å². The zero-order valence-electron chi connectivity index (χ0n) is 8.41. The molecule has 0 aromatic rings. The minimum absolute atomic E-state index is 0.147. The number of amides is 1. The normalized spacial score (nSPS) is 14.4. The van der Waals surface area contributed by atoms with E-state index in [4.69, 9.17) is 17.2 Å². The van der Waals surface area contributed by atoms with Crippen LogP contribution in [0.2, 0.25) is 0 Å². The highest BCUT2D eigenvalue weighted by atomic mass is 127. The minimum atomic E-state index is -0.661. The molecule has 6 nitrogen and oxygen atoms in total. The van der Waals surface area contributed by atoms with Crippen molar-refractivity contribution in [2.24, 2.45) is 17.2 Å². The molecular formula is C8H17IN4O2. The molecule has 0 rings (SSSR count). The Hall–Kier alpha value is -0.250. The van der Waals surface area contributed by atoms with Crippen molar-refractivity contribution in [2.75, 3.05) is 13.1 Å². The number of carbonyl (C=O) groups excluding carboxylic acids is 2. The number of hydrogen-bond acceptors (Lipinski definition) is 5. The molecule has 1 amide bonds. The highest BCUT2D eigenvalue weighted by Crippen LogP contribution is 2.00. The van der Waals surface area contributed by atoms with Gasteiger partial charge in [-0.25, -0.2) is 0 Å². The quantitative estimate of drug-likeness (QED) is 0.333. The standard InChI is InChI=1S/C8H17IN4O2/c9-7(14)6(2-4-11)13-8(15)5(12)1-3-10/h5-6H,1-4,10-12H2,(H,13,15)/t5-,6-/m0/s1. The Balaban J connectivity index is 4.15. The summed E-state index contributed by atoms with van der Waals surface area (Å²) in [6.45, 7) is 0.681. The van der Waals surface area contributed by atoms with Crippen LogP contribution >= 0.6 is 22.6 Å². The number of nitrogens with one attached hydrogen (secondary N) is 1. The third kappa shape index (κ3) is 6.03. The third-order valence-corrected chi connectivity index (χ3v) is 2.61. The van der Waals surface area contributed by atoms with Gasteiger partial charge in [0.1, 0.15) is 0 Å². The summed E-state index contributed by atoms with van der Waals surface area (Å²) >= 11 is 1.63. The van der Waals surface area contributed by atoms with Gasteiger partial charge in [0.2, 0.25) is 9.70 Å². The first-order valence-corrected chi connectivity index (χ1v) is 5.76. The van der Waals surface area contributed by atoms with Crippen LogP contribution < -0.4 is 22.5 Å². The summed E-state index contributed by atoms with van der Waals surface area (Å²) < 4.78 is -0.147. The van der Waals surface area contributed by atoms with E-state index < -0.39 is 12.1 Å². The summed E-state index contributed by atoms with van der Waals surface area (Å²) in [4.78, 5) is 22.5. The number of halogens is 1. The summed E-state index contributed by atoms with van der Waals surface area (Å²) in [5.41, 5.74) is 16.1. The molecule has 0 aliphatic rings. The molecule has 0 aliphatic carbocycles. The second-order valence-corrected chi connectivity index (χ2v) is 4.19. The molecule has 0 bridgehead atoms. The van der Waals surface area contributed by atoms with Crippen LogP contribution in [0.25, 0.3) is 0 Å². The molecule has 0 heterocycles. The molecule has 2 atom stereocenters. The first-order chi connectivity index (χ1) is 7.02. The molecule has 0 unspecified atom stereocenters. The summed E-state index contributed by atoms with van der Waals surface area (Å²) in [7, 11) is 0. The Morgan fingerprint density at radius 2 is 1.73 bits per heavy atom. The van der Waals surface area contributed by atoms with E-state index in [0.717, 1.165) is 0 Å². The molecule has 0 aromatic carbocycles. The molecule has 88 valence electrons. The zero-order valence-corrected chi connectivity index (χ0v) is 10.6. The van der Waals surface area contributed by atoms with E-state index >= 15 is 0 Å². The average molecular weight is 328 g/mol. The number of nitrogens with two attached hydrogens (primary N) is 3. The predicted octanol–water partition coefficient (Wildman–Crippen LogP) is -1.54. The van der Waals surface area contributed by atoms with Gasteiger partial charge in [-0.05, 0) is 25.9 Å². The lowest BCUT2D eigenvalue weighted by Crippen LogP contribution is -2.48. The van der Waals surface area contributed by atoms with Crippen molar-refractivity contribution in [1.29, 1.82) is 0 Å². The van der Waals surface area contributed by atoms with Gasteiger partial charge in [-0.3, -0.25) is 9.59 Å². The van der Waals surface area contributed by atoms with E-state index in [9.17, 15) is 9.59 Å². The maximum atomic E-state index is 11.4. The SMILES string of the molecule is NCC[C@H](NC(=O)[C@@H](N)CCN)C(=O)I. The fourth-order valence-electron chi connectivity index (χ4n) is 0.998. The summed E-state index contributed by atoms with van der Waals surface area (Å²) in [6.07, 6.45) is 0.819. The topological polar surface area (TPSA) is 124 Å². The monoisotopic (exact) mass is 328 g/mol. The van der Waals surface area contributed by atoms with Gasteiger partial charge in [0.15, 0.2) is 0 Å². The largest absolute Gasteiger partial charge is 0.344 e. The highest BCUT2D eigenvalue weighted by molar-refractivity contribution is 14.1.